The molecule has 3 nitrogen and oxygen atoms in total. The molecule has 3 heteroatoms. The number of carbonyl (C=O) groups excluding carboxylic acids is 1. The Hall–Kier alpha value is -2.03. The van der Waals surface area contributed by atoms with Gasteiger partial charge in [0.25, 0.3) is 0 Å². The summed E-state index contributed by atoms with van der Waals surface area (Å²) in [7, 11) is 1.58. The molecule has 0 aliphatic carbocycles. The van der Waals surface area contributed by atoms with Gasteiger partial charge in [-0.05, 0) is 30.2 Å². The minimum atomic E-state index is -0.416. The molecule has 0 fully saturated rings. The number of rotatable bonds is 2. The lowest BCUT2D eigenvalue weighted by Crippen LogP contribution is -2.12. The van der Waals surface area contributed by atoms with Crippen LogP contribution in [0.25, 0.3) is 6.08 Å². The molecule has 1 aliphatic rings. The predicted molar refractivity (Wildman–Crippen MR) is 65.1 cm³/mol. The molecule has 17 heavy (non-hydrogen) atoms. The first-order valence-corrected chi connectivity index (χ1v) is 5.41. The van der Waals surface area contributed by atoms with Gasteiger partial charge < -0.3 is 9.47 Å². The lowest BCUT2D eigenvalue weighted by atomic mass is 9.94. The number of ether oxygens (including phenoxy) is 2. The van der Waals surface area contributed by atoms with E-state index >= 15 is 0 Å². The SMILES string of the molecule is CO/C(C)=C/C1C(=O)OC=Cc2ccccc21. The smallest absolute Gasteiger partial charge is 0.322 e. The highest BCUT2D eigenvalue weighted by Crippen LogP contribution is 2.27. The molecular formula is C14H14O3. The zero-order valence-electron chi connectivity index (χ0n) is 9.84. The summed E-state index contributed by atoms with van der Waals surface area (Å²) < 4.78 is 10.1. The highest BCUT2D eigenvalue weighted by molar-refractivity contribution is 5.84. The van der Waals surface area contributed by atoms with E-state index in [1.807, 2.05) is 31.2 Å². The van der Waals surface area contributed by atoms with Gasteiger partial charge in [-0.15, -0.1) is 0 Å². The highest BCUT2D eigenvalue weighted by Gasteiger charge is 2.23. The number of fused-ring (bicyclic) bond motifs is 1. The molecule has 0 saturated carbocycles. The fourth-order valence-corrected chi connectivity index (χ4v) is 1.78. The van der Waals surface area contributed by atoms with Crippen LogP contribution in [-0.2, 0) is 14.3 Å². The van der Waals surface area contributed by atoms with Gasteiger partial charge in [0.1, 0.15) is 5.92 Å². The lowest BCUT2D eigenvalue weighted by molar-refractivity contribution is -0.138. The van der Waals surface area contributed by atoms with Crippen LogP contribution in [0.15, 0.2) is 42.4 Å². The van der Waals surface area contributed by atoms with E-state index in [1.165, 1.54) is 6.26 Å². The average molecular weight is 230 g/mol. The first kappa shape index (κ1) is 11.5. The fourth-order valence-electron chi connectivity index (χ4n) is 1.78. The Labute approximate surface area is 100 Å². The van der Waals surface area contributed by atoms with Crippen molar-refractivity contribution in [3.8, 4) is 0 Å². The van der Waals surface area contributed by atoms with Crippen LogP contribution in [0.5, 0.6) is 0 Å². The Kier molecular flexibility index (Phi) is 3.28. The van der Waals surface area contributed by atoms with Crippen molar-refractivity contribution < 1.29 is 14.3 Å². The summed E-state index contributed by atoms with van der Waals surface area (Å²) in [6, 6.07) is 7.73. The van der Waals surface area contributed by atoms with Gasteiger partial charge in [0.2, 0.25) is 0 Å². The molecule has 2 rings (SSSR count). The molecule has 1 atom stereocenters. The van der Waals surface area contributed by atoms with E-state index in [1.54, 1.807) is 19.3 Å². The normalized spacial score (nSPS) is 19.3. The van der Waals surface area contributed by atoms with Crippen LogP contribution in [0.4, 0.5) is 0 Å². The zero-order chi connectivity index (χ0) is 12.3. The van der Waals surface area contributed by atoms with E-state index < -0.39 is 5.92 Å². The summed E-state index contributed by atoms with van der Waals surface area (Å²) in [4.78, 5) is 11.9. The second kappa shape index (κ2) is 4.87. The Bertz CT molecular complexity index is 486. The molecule has 1 aromatic carbocycles. The number of benzene rings is 1. The van der Waals surface area contributed by atoms with Gasteiger partial charge in [-0.2, -0.15) is 0 Å². The van der Waals surface area contributed by atoms with Crippen molar-refractivity contribution in [2.75, 3.05) is 7.11 Å². The molecule has 0 bridgehead atoms. The van der Waals surface area contributed by atoms with E-state index in [4.69, 9.17) is 9.47 Å². The van der Waals surface area contributed by atoms with E-state index in [9.17, 15) is 4.79 Å². The quantitative estimate of drug-likeness (QED) is 0.579. The second-order valence-electron chi connectivity index (χ2n) is 3.83. The topological polar surface area (TPSA) is 35.5 Å². The van der Waals surface area contributed by atoms with Crippen LogP contribution < -0.4 is 0 Å². The van der Waals surface area contributed by atoms with Gasteiger partial charge in [-0.1, -0.05) is 24.3 Å². The summed E-state index contributed by atoms with van der Waals surface area (Å²) in [6.45, 7) is 1.81. The Balaban J connectivity index is 2.48. The Morgan fingerprint density at radius 1 is 1.41 bits per heavy atom. The number of cyclic esters (lactones) is 1. The van der Waals surface area contributed by atoms with Crippen molar-refractivity contribution in [3.63, 3.8) is 0 Å². The van der Waals surface area contributed by atoms with Crippen LogP contribution in [0, 0.1) is 0 Å². The second-order valence-corrected chi connectivity index (χ2v) is 3.83. The van der Waals surface area contributed by atoms with E-state index in [0.717, 1.165) is 11.1 Å². The maximum Gasteiger partial charge on any atom is 0.322 e. The van der Waals surface area contributed by atoms with Crippen molar-refractivity contribution in [2.24, 2.45) is 0 Å². The highest BCUT2D eigenvalue weighted by atomic mass is 16.5. The van der Waals surface area contributed by atoms with E-state index in [2.05, 4.69) is 0 Å². The summed E-state index contributed by atoms with van der Waals surface area (Å²) in [5.74, 6) is -0.00703. The summed E-state index contributed by atoms with van der Waals surface area (Å²) >= 11 is 0. The maximum absolute atomic E-state index is 11.9. The van der Waals surface area contributed by atoms with Gasteiger partial charge in [-0.3, -0.25) is 4.79 Å². The lowest BCUT2D eigenvalue weighted by Gasteiger charge is -2.12. The molecule has 0 saturated heterocycles. The zero-order valence-corrected chi connectivity index (χ0v) is 9.84. The molecule has 1 unspecified atom stereocenters. The number of hydrogen-bond donors (Lipinski definition) is 0. The summed E-state index contributed by atoms with van der Waals surface area (Å²) in [5, 5.41) is 0. The van der Waals surface area contributed by atoms with Crippen LogP contribution in [0.1, 0.15) is 24.0 Å². The molecular weight excluding hydrogens is 216 g/mol. The summed E-state index contributed by atoms with van der Waals surface area (Å²) in [6.07, 6.45) is 4.99. The van der Waals surface area contributed by atoms with Gasteiger partial charge in [0.15, 0.2) is 0 Å². The molecule has 88 valence electrons. The largest absolute Gasteiger partial charge is 0.502 e. The monoisotopic (exact) mass is 230 g/mol. The number of esters is 1. The third-order valence-corrected chi connectivity index (χ3v) is 2.74. The molecule has 0 spiro atoms. The number of hydrogen-bond acceptors (Lipinski definition) is 3. The first-order valence-electron chi connectivity index (χ1n) is 5.41. The minimum Gasteiger partial charge on any atom is -0.502 e. The van der Waals surface area contributed by atoms with Crippen molar-refractivity contribution in [1.82, 2.24) is 0 Å². The Morgan fingerprint density at radius 3 is 2.94 bits per heavy atom. The van der Waals surface area contributed by atoms with Crippen LogP contribution >= 0.6 is 0 Å². The molecule has 1 heterocycles. The van der Waals surface area contributed by atoms with Crippen LogP contribution in [-0.4, -0.2) is 13.1 Å². The molecule has 0 aromatic heterocycles. The number of allylic oxidation sites excluding steroid dienone is 1. The Morgan fingerprint density at radius 2 is 2.18 bits per heavy atom. The fraction of sp³-hybridized carbons (Fsp3) is 0.214. The van der Waals surface area contributed by atoms with Crippen LogP contribution in [0.3, 0.4) is 0 Å². The van der Waals surface area contributed by atoms with Crippen molar-refractivity contribution in [1.29, 1.82) is 0 Å². The van der Waals surface area contributed by atoms with E-state index in [0.29, 0.717) is 5.76 Å². The summed E-state index contributed by atoms with van der Waals surface area (Å²) in [5.41, 5.74) is 1.92. The molecule has 0 N–H and O–H groups in total. The van der Waals surface area contributed by atoms with Gasteiger partial charge in [0, 0.05) is 0 Å². The number of carbonyl (C=O) groups is 1. The molecule has 0 radical (unpaired) electrons. The molecule has 0 amide bonds. The minimum absolute atomic E-state index is 0.289. The molecule has 1 aromatic rings. The van der Waals surface area contributed by atoms with Gasteiger partial charge in [-0.25, -0.2) is 0 Å². The van der Waals surface area contributed by atoms with Gasteiger partial charge in [0.05, 0.1) is 19.1 Å². The maximum atomic E-state index is 11.9. The predicted octanol–water partition coefficient (Wildman–Crippen LogP) is 2.85. The van der Waals surface area contributed by atoms with Crippen LogP contribution in [0.2, 0.25) is 0 Å². The van der Waals surface area contributed by atoms with Crippen molar-refractivity contribution in [3.05, 3.63) is 53.5 Å². The molecule has 1 aliphatic heterocycles. The van der Waals surface area contributed by atoms with E-state index in [-0.39, 0.29) is 5.97 Å². The standard InChI is InChI=1S/C14H14O3/c1-10(16-2)9-13-12-6-4-3-5-11(12)7-8-17-14(13)15/h3-9,13H,1-2H3/b10-9+. The third-order valence-electron chi connectivity index (χ3n) is 2.74. The first-order chi connectivity index (χ1) is 8.22. The van der Waals surface area contributed by atoms with Gasteiger partial charge >= 0.3 is 5.97 Å². The van der Waals surface area contributed by atoms with Crippen molar-refractivity contribution in [2.45, 2.75) is 12.8 Å². The third kappa shape index (κ3) is 2.38. The number of methoxy groups -OCH3 is 1. The van der Waals surface area contributed by atoms with Crippen molar-refractivity contribution >= 4 is 12.0 Å². The average Bonchev–Trinajstić information content (AvgIpc) is 2.50.